The molecule has 0 spiro atoms. The maximum Gasteiger partial charge on any atom is 0.339 e. The maximum absolute atomic E-state index is 12.1. The van der Waals surface area contributed by atoms with E-state index in [-0.39, 0.29) is 5.97 Å². The zero-order chi connectivity index (χ0) is 16.1. The predicted molar refractivity (Wildman–Crippen MR) is 93.7 cm³/mol. The number of methoxy groups -OCH3 is 1. The van der Waals surface area contributed by atoms with E-state index >= 15 is 0 Å². The van der Waals surface area contributed by atoms with Gasteiger partial charge in [-0.3, -0.25) is 0 Å². The van der Waals surface area contributed by atoms with Crippen molar-refractivity contribution in [3.8, 4) is 0 Å². The first-order valence-corrected chi connectivity index (χ1v) is 7.66. The van der Waals surface area contributed by atoms with Gasteiger partial charge >= 0.3 is 5.97 Å². The van der Waals surface area contributed by atoms with Gasteiger partial charge in [-0.25, -0.2) is 4.79 Å². The highest BCUT2D eigenvalue weighted by atomic mass is 79.9. The lowest BCUT2D eigenvalue weighted by Crippen LogP contribution is -2.13. The smallest absolute Gasteiger partial charge is 0.339 e. The van der Waals surface area contributed by atoms with E-state index in [0.717, 1.165) is 15.7 Å². The Hall–Kier alpha value is -2.07. The number of aryl methyl sites for hydroxylation is 1. The van der Waals surface area contributed by atoms with Crippen molar-refractivity contribution in [3.63, 3.8) is 0 Å². The summed E-state index contributed by atoms with van der Waals surface area (Å²) in [6.45, 7) is 2.04. The quantitative estimate of drug-likeness (QED) is 0.598. The van der Waals surface area contributed by atoms with Crippen molar-refractivity contribution < 1.29 is 9.53 Å². The van der Waals surface area contributed by atoms with E-state index in [1.807, 2.05) is 67.4 Å². The molecule has 0 unspecified atom stereocenters. The van der Waals surface area contributed by atoms with E-state index in [1.54, 1.807) is 6.20 Å². The van der Waals surface area contributed by atoms with Crippen LogP contribution < -0.4 is 4.90 Å². The molecule has 4 heteroatoms. The Labute approximate surface area is 139 Å². The third-order valence-electron chi connectivity index (χ3n) is 3.32. The first-order chi connectivity index (χ1) is 10.5. The number of ether oxygens (including phenoxy) is 1. The summed E-state index contributed by atoms with van der Waals surface area (Å²) in [7, 11) is 3.30. The van der Waals surface area contributed by atoms with Gasteiger partial charge < -0.3 is 9.64 Å². The van der Waals surface area contributed by atoms with Crippen LogP contribution in [-0.2, 0) is 9.53 Å². The van der Waals surface area contributed by atoms with Gasteiger partial charge in [-0.05, 0) is 36.8 Å². The lowest BCUT2D eigenvalue weighted by atomic mass is 10.1. The van der Waals surface area contributed by atoms with Crippen LogP contribution in [0, 0.1) is 6.92 Å². The van der Waals surface area contributed by atoms with E-state index in [2.05, 4.69) is 15.9 Å². The molecule has 0 bridgehead atoms. The van der Waals surface area contributed by atoms with Crippen LogP contribution in [0.2, 0.25) is 0 Å². The molecule has 0 aliphatic carbocycles. The molecule has 0 saturated heterocycles. The number of hydrogen-bond donors (Lipinski definition) is 0. The van der Waals surface area contributed by atoms with Gasteiger partial charge in [0.05, 0.1) is 12.7 Å². The minimum atomic E-state index is -0.360. The number of hydrogen-bond acceptors (Lipinski definition) is 3. The van der Waals surface area contributed by atoms with Crippen molar-refractivity contribution in [1.29, 1.82) is 0 Å². The number of esters is 1. The monoisotopic (exact) mass is 359 g/mol. The van der Waals surface area contributed by atoms with E-state index in [4.69, 9.17) is 4.74 Å². The van der Waals surface area contributed by atoms with Crippen molar-refractivity contribution in [2.45, 2.75) is 6.92 Å². The van der Waals surface area contributed by atoms with Crippen LogP contribution in [0.15, 0.2) is 59.2 Å². The van der Waals surface area contributed by atoms with Crippen LogP contribution >= 0.6 is 15.9 Å². The van der Waals surface area contributed by atoms with Crippen LogP contribution in [-0.4, -0.2) is 20.1 Å². The average molecular weight is 360 g/mol. The zero-order valence-corrected chi connectivity index (χ0v) is 14.4. The van der Waals surface area contributed by atoms with E-state index in [0.29, 0.717) is 5.57 Å². The van der Waals surface area contributed by atoms with Crippen LogP contribution in [0.1, 0.15) is 11.1 Å². The summed E-state index contributed by atoms with van der Waals surface area (Å²) in [6, 6.07) is 15.7. The molecule has 2 aromatic rings. The Kier molecular flexibility index (Phi) is 5.39. The zero-order valence-electron chi connectivity index (χ0n) is 12.8. The molecule has 0 saturated carbocycles. The second-order valence-corrected chi connectivity index (χ2v) is 5.90. The molecule has 3 nitrogen and oxygen atoms in total. The average Bonchev–Trinajstić information content (AvgIpc) is 2.53. The number of benzene rings is 2. The number of carbonyl (C=O) groups is 1. The number of rotatable bonds is 4. The van der Waals surface area contributed by atoms with Gasteiger partial charge in [-0.2, -0.15) is 0 Å². The van der Waals surface area contributed by atoms with Gasteiger partial charge in [0.15, 0.2) is 0 Å². The molecule has 0 fully saturated rings. The molecular formula is C18H18BrNO2. The molecule has 0 amide bonds. The molecule has 2 rings (SSSR count). The van der Waals surface area contributed by atoms with Crippen molar-refractivity contribution in [2.24, 2.45) is 0 Å². The van der Waals surface area contributed by atoms with Crippen LogP contribution in [0.25, 0.3) is 5.57 Å². The fourth-order valence-electron chi connectivity index (χ4n) is 2.03. The summed E-state index contributed by atoms with van der Waals surface area (Å²) in [5.74, 6) is -0.360. The molecule has 22 heavy (non-hydrogen) atoms. The van der Waals surface area contributed by atoms with Gasteiger partial charge in [0.2, 0.25) is 0 Å². The Morgan fingerprint density at radius 2 is 1.68 bits per heavy atom. The number of anilines is 1. The van der Waals surface area contributed by atoms with Crippen LogP contribution in [0.3, 0.4) is 0 Å². The summed E-state index contributed by atoms with van der Waals surface area (Å²) in [6.07, 6.45) is 1.79. The molecule has 0 radical (unpaired) electrons. The molecule has 0 aliphatic rings. The molecule has 0 aromatic heterocycles. The Balaban J connectivity index is 2.37. The molecule has 114 valence electrons. The summed E-state index contributed by atoms with van der Waals surface area (Å²) >= 11 is 3.40. The van der Waals surface area contributed by atoms with Crippen molar-refractivity contribution in [1.82, 2.24) is 0 Å². The molecule has 0 heterocycles. The van der Waals surface area contributed by atoms with E-state index in [9.17, 15) is 4.79 Å². The Morgan fingerprint density at radius 1 is 1.09 bits per heavy atom. The first kappa shape index (κ1) is 16.3. The third-order valence-corrected chi connectivity index (χ3v) is 3.85. The van der Waals surface area contributed by atoms with Gasteiger partial charge in [0, 0.05) is 23.4 Å². The summed E-state index contributed by atoms with van der Waals surface area (Å²) < 4.78 is 5.87. The van der Waals surface area contributed by atoms with Crippen LogP contribution in [0.5, 0.6) is 0 Å². The predicted octanol–water partition coefficient (Wildman–Crippen LogP) is 4.41. The topological polar surface area (TPSA) is 29.5 Å². The van der Waals surface area contributed by atoms with E-state index < -0.39 is 0 Å². The minimum Gasteiger partial charge on any atom is -0.465 e. The van der Waals surface area contributed by atoms with Crippen LogP contribution in [0.4, 0.5) is 5.69 Å². The Bertz CT molecular complexity index is 675. The summed E-state index contributed by atoms with van der Waals surface area (Å²) in [5, 5.41) is 0. The van der Waals surface area contributed by atoms with Crippen molar-refractivity contribution >= 4 is 33.2 Å². The first-order valence-electron chi connectivity index (χ1n) is 6.87. The Morgan fingerprint density at radius 3 is 2.23 bits per heavy atom. The standard InChI is InChI=1S/C18H18BrNO2/c1-13-4-10-16(11-5-13)20(2)12-17(18(21)22-3)14-6-8-15(19)9-7-14/h4-12H,1-3H3/b17-12-. The lowest BCUT2D eigenvalue weighted by molar-refractivity contribution is -0.133. The molecule has 0 aliphatic heterocycles. The van der Waals surface area contributed by atoms with Crippen molar-refractivity contribution in [2.75, 3.05) is 19.1 Å². The number of carbonyl (C=O) groups excluding carboxylic acids is 1. The highest BCUT2D eigenvalue weighted by Crippen LogP contribution is 2.22. The second-order valence-electron chi connectivity index (χ2n) is 4.99. The second kappa shape index (κ2) is 7.27. The summed E-state index contributed by atoms with van der Waals surface area (Å²) in [4.78, 5) is 14.0. The number of nitrogens with zero attached hydrogens (tertiary/aromatic N) is 1. The van der Waals surface area contributed by atoms with Gasteiger partial charge in [0.1, 0.15) is 0 Å². The molecule has 0 N–H and O–H groups in total. The minimum absolute atomic E-state index is 0.360. The van der Waals surface area contributed by atoms with Gasteiger partial charge in [-0.1, -0.05) is 45.8 Å². The fraction of sp³-hybridized carbons (Fsp3) is 0.167. The highest BCUT2D eigenvalue weighted by Gasteiger charge is 2.14. The maximum atomic E-state index is 12.1. The van der Waals surface area contributed by atoms with Gasteiger partial charge in [-0.15, -0.1) is 0 Å². The SMILES string of the molecule is COC(=O)/C(=C\N(C)c1ccc(C)cc1)c1ccc(Br)cc1. The lowest BCUT2D eigenvalue weighted by Gasteiger charge is -2.17. The van der Waals surface area contributed by atoms with Gasteiger partial charge in [0.25, 0.3) is 0 Å². The molecule has 0 atom stereocenters. The summed E-state index contributed by atoms with van der Waals surface area (Å²) in [5.41, 5.74) is 3.53. The highest BCUT2D eigenvalue weighted by molar-refractivity contribution is 9.10. The number of halogens is 1. The largest absolute Gasteiger partial charge is 0.465 e. The van der Waals surface area contributed by atoms with E-state index in [1.165, 1.54) is 12.7 Å². The van der Waals surface area contributed by atoms with Crippen molar-refractivity contribution in [3.05, 3.63) is 70.3 Å². The normalized spacial score (nSPS) is 11.2. The molecule has 2 aromatic carbocycles. The third kappa shape index (κ3) is 3.98. The fourth-order valence-corrected chi connectivity index (χ4v) is 2.30. The molecular weight excluding hydrogens is 342 g/mol.